The summed E-state index contributed by atoms with van der Waals surface area (Å²) in [7, 11) is 0. The molecule has 0 spiro atoms. The molecule has 1 heterocycles. The van der Waals surface area contributed by atoms with Gasteiger partial charge in [-0.3, -0.25) is 0 Å². The van der Waals surface area contributed by atoms with Crippen LogP contribution in [0.5, 0.6) is 0 Å². The van der Waals surface area contributed by atoms with Crippen molar-refractivity contribution in [2.75, 3.05) is 0 Å². The SMILES string of the molecule is CC1(C)OC(N)=N[C@](C)(c2cc(-c3cc(C#N)ccc3Cl)ccc2F)C1(F)F. The third kappa shape index (κ3) is 2.89. The Morgan fingerprint density at radius 2 is 1.82 bits per heavy atom. The van der Waals surface area contributed by atoms with Gasteiger partial charge in [0.2, 0.25) is 0 Å². The number of nitriles is 1. The van der Waals surface area contributed by atoms with E-state index in [9.17, 15) is 4.39 Å². The van der Waals surface area contributed by atoms with Gasteiger partial charge >= 0.3 is 5.92 Å². The molecule has 4 nitrogen and oxygen atoms in total. The van der Waals surface area contributed by atoms with Crippen LogP contribution in [0.15, 0.2) is 41.4 Å². The van der Waals surface area contributed by atoms with Gasteiger partial charge < -0.3 is 10.5 Å². The highest BCUT2D eigenvalue weighted by Gasteiger charge is 2.66. The zero-order valence-corrected chi connectivity index (χ0v) is 16.1. The molecule has 0 amide bonds. The number of hydrogen-bond donors (Lipinski definition) is 1. The van der Waals surface area contributed by atoms with Crippen LogP contribution >= 0.6 is 11.6 Å². The second-order valence-corrected chi connectivity index (χ2v) is 7.62. The predicted octanol–water partition coefficient (Wildman–Crippen LogP) is 4.99. The van der Waals surface area contributed by atoms with Gasteiger partial charge in [-0.15, -0.1) is 0 Å². The lowest BCUT2D eigenvalue weighted by Crippen LogP contribution is -2.62. The second-order valence-electron chi connectivity index (χ2n) is 7.21. The smallest absolute Gasteiger partial charge is 0.315 e. The average molecular weight is 408 g/mol. The molecule has 146 valence electrons. The summed E-state index contributed by atoms with van der Waals surface area (Å²) >= 11 is 6.21. The van der Waals surface area contributed by atoms with E-state index in [1.54, 1.807) is 0 Å². The van der Waals surface area contributed by atoms with Gasteiger partial charge in [0.1, 0.15) is 5.82 Å². The number of aliphatic imine (C=N–C) groups is 1. The molecule has 0 aliphatic carbocycles. The molecule has 2 aromatic rings. The van der Waals surface area contributed by atoms with Crippen LogP contribution < -0.4 is 5.73 Å². The lowest BCUT2D eigenvalue weighted by Gasteiger charge is -2.46. The van der Waals surface area contributed by atoms with Crippen LogP contribution in [0.3, 0.4) is 0 Å². The van der Waals surface area contributed by atoms with E-state index in [2.05, 4.69) is 4.99 Å². The molecule has 28 heavy (non-hydrogen) atoms. The topological polar surface area (TPSA) is 71.4 Å². The summed E-state index contributed by atoms with van der Waals surface area (Å²) in [6.07, 6.45) is 0. The van der Waals surface area contributed by atoms with E-state index in [-0.39, 0.29) is 5.56 Å². The first-order valence-corrected chi connectivity index (χ1v) is 8.73. The van der Waals surface area contributed by atoms with Crippen LogP contribution in [-0.4, -0.2) is 17.5 Å². The van der Waals surface area contributed by atoms with E-state index in [1.807, 2.05) is 6.07 Å². The summed E-state index contributed by atoms with van der Waals surface area (Å²) in [5, 5.41) is 9.40. The Balaban J connectivity index is 2.26. The molecular formula is C20H17ClF3N3O. The highest BCUT2D eigenvalue weighted by atomic mass is 35.5. The maximum absolute atomic E-state index is 15.3. The van der Waals surface area contributed by atoms with Crippen LogP contribution in [0.4, 0.5) is 13.2 Å². The lowest BCUT2D eigenvalue weighted by molar-refractivity contribution is -0.207. The molecule has 0 saturated heterocycles. The largest absolute Gasteiger partial charge is 0.453 e. The number of hydrogen-bond acceptors (Lipinski definition) is 4. The van der Waals surface area contributed by atoms with Crippen LogP contribution in [-0.2, 0) is 10.3 Å². The van der Waals surface area contributed by atoms with Crippen molar-refractivity contribution in [2.45, 2.75) is 37.8 Å². The van der Waals surface area contributed by atoms with Crippen LogP contribution in [0.25, 0.3) is 11.1 Å². The Kier molecular flexibility index (Phi) is 4.59. The Morgan fingerprint density at radius 3 is 2.46 bits per heavy atom. The van der Waals surface area contributed by atoms with E-state index in [4.69, 9.17) is 27.3 Å². The minimum absolute atomic E-state index is 0.295. The van der Waals surface area contributed by atoms with E-state index in [0.717, 1.165) is 13.0 Å². The number of nitrogens with two attached hydrogens (primary N) is 1. The predicted molar refractivity (Wildman–Crippen MR) is 101 cm³/mol. The number of amidine groups is 1. The highest BCUT2D eigenvalue weighted by molar-refractivity contribution is 6.33. The van der Waals surface area contributed by atoms with Gasteiger partial charge in [-0.05, 0) is 56.7 Å². The van der Waals surface area contributed by atoms with Crippen molar-refractivity contribution in [3.05, 3.63) is 58.4 Å². The molecule has 3 rings (SSSR count). The lowest BCUT2D eigenvalue weighted by atomic mass is 9.76. The molecule has 8 heteroatoms. The van der Waals surface area contributed by atoms with Crippen molar-refractivity contribution in [3.63, 3.8) is 0 Å². The molecule has 0 bridgehead atoms. The van der Waals surface area contributed by atoms with Gasteiger partial charge in [0.15, 0.2) is 11.1 Å². The summed E-state index contributed by atoms with van der Waals surface area (Å²) < 4.78 is 50.3. The standard InChI is InChI=1S/C20H17ClF3N3O/c1-18(2)20(23,24)19(3,27-17(26)28-18)14-9-12(5-7-16(14)22)13-8-11(10-25)4-6-15(13)21/h4-9H,1-3H3,(H2,26,27)/t19-/m1/s1. The third-order valence-corrected chi connectivity index (χ3v) is 5.29. The Morgan fingerprint density at radius 1 is 1.14 bits per heavy atom. The first-order valence-electron chi connectivity index (χ1n) is 8.35. The highest BCUT2D eigenvalue weighted by Crippen LogP contribution is 2.52. The zero-order chi connectivity index (χ0) is 20.9. The number of nitrogens with zero attached hydrogens (tertiary/aromatic N) is 2. The maximum atomic E-state index is 15.3. The number of alkyl halides is 2. The second kappa shape index (κ2) is 6.42. The maximum Gasteiger partial charge on any atom is 0.315 e. The first-order chi connectivity index (χ1) is 12.9. The molecule has 2 N–H and O–H groups in total. The van der Waals surface area contributed by atoms with E-state index >= 15 is 8.78 Å². The Labute approximate surface area is 165 Å². The van der Waals surface area contributed by atoms with Crippen LogP contribution in [0.2, 0.25) is 5.02 Å². The average Bonchev–Trinajstić information content (AvgIpc) is 2.60. The van der Waals surface area contributed by atoms with Gasteiger partial charge in [-0.2, -0.15) is 14.0 Å². The van der Waals surface area contributed by atoms with Crippen molar-refractivity contribution in [1.82, 2.24) is 0 Å². The van der Waals surface area contributed by atoms with Crippen molar-refractivity contribution in [2.24, 2.45) is 10.7 Å². The molecule has 0 unspecified atom stereocenters. The number of rotatable bonds is 2. The fraction of sp³-hybridized carbons (Fsp3) is 0.300. The molecule has 2 aromatic carbocycles. The van der Waals surface area contributed by atoms with Gasteiger partial charge in [0.05, 0.1) is 11.6 Å². The van der Waals surface area contributed by atoms with E-state index < -0.39 is 28.9 Å². The molecule has 0 radical (unpaired) electrons. The van der Waals surface area contributed by atoms with E-state index in [0.29, 0.717) is 21.7 Å². The molecule has 0 fully saturated rings. The third-order valence-electron chi connectivity index (χ3n) is 4.96. The van der Waals surface area contributed by atoms with Crippen molar-refractivity contribution < 1.29 is 17.9 Å². The number of benzene rings is 2. The van der Waals surface area contributed by atoms with Gasteiger partial charge in [-0.1, -0.05) is 17.7 Å². The minimum Gasteiger partial charge on any atom is -0.453 e. The quantitative estimate of drug-likeness (QED) is 0.762. The number of halogens is 4. The Hall–Kier alpha value is -2.72. The molecular weight excluding hydrogens is 391 g/mol. The molecule has 0 aromatic heterocycles. The molecule has 0 saturated carbocycles. The minimum atomic E-state index is -3.58. The normalized spacial score (nSPS) is 22.7. The molecule has 1 aliphatic heterocycles. The van der Waals surface area contributed by atoms with E-state index in [1.165, 1.54) is 44.2 Å². The van der Waals surface area contributed by atoms with Crippen LogP contribution in [0, 0.1) is 17.1 Å². The van der Waals surface area contributed by atoms with Gasteiger partial charge in [0.25, 0.3) is 6.02 Å². The summed E-state index contributed by atoms with van der Waals surface area (Å²) in [6.45, 7) is 3.45. The fourth-order valence-corrected chi connectivity index (χ4v) is 3.56. The molecule has 1 aliphatic rings. The zero-order valence-electron chi connectivity index (χ0n) is 15.4. The summed E-state index contributed by atoms with van der Waals surface area (Å²) in [5.41, 5.74) is 2.07. The fourth-order valence-electron chi connectivity index (χ4n) is 3.34. The van der Waals surface area contributed by atoms with Crippen LogP contribution in [0.1, 0.15) is 31.9 Å². The van der Waals surface area contributed by atoms with Crippen molar-refractivity contribution in [3.8, 4) is 17.2 Å². The first kappa shape index (κ1) is 20.0. The summed E-state index contributed by atoms with van der Waals surface area (Å²) in [5.74, 6) is -4.45. The number of ether oxygens (including phenoxy) is 1. The molecule has 1 atom stereocenters. The Bertz CT molecular complexity index is 1030. The van der Waals surface area contributed by atoms with Gasteiger partial charge in [0, 0.05) is 16.1 Å². The monoisotopic (exact) mass is 407 g/mol. The summed E-state index contributed by atoms with van der Waals surface area (Å²) in [4.78, 5) is 3.78. The summed E-state index contributed by atoms with van der Waals surface area (Å²) in [6, 6.07) is 9.80. The van der Waals surface area contributed by atoms with Crippen molar-refractivity contribution >= 4 is 17.6 Å². The van der Waals surface area contributed by atoms with Gasteiger partial charge in [-0.25, -0.2) is 9.38 Å². The van der Waals surface area contributed by atoms with Crippen molar-refractivity contribution in [1.29, 1.82) is 5.26 Å².